The Labute approximate surface area is 178 Å². The molecule has 1 N–H and O–H groups in total. The van der Waals surface area contributed by atoms with E-state index in [1.807, 2.05) is 60.7 Å². The highest BCUT2D eigenvalue weighted by Crippen LogP contribution is 2.30. The normalized spacial score (nSPS) is 10.3. The first-order valence-corrected chi connectivity index (χ1v) is 9.53. The zero-order chi connectivity index (χ0) is 20.9. The highest BCUT2D eigenvalue weighted by Gasteiger charge is 2.18. The molecule has 0 aliphatic rings. The molecule has 0 saturated heterocycles. The number of hydrogen-bond donors (Lipinski definition) is 1. The van der Waals surface area contributed by atoms with Crippen LogP contribution in [0, 0.1) is 11.3 Å². The third-order valence-electron chi connectivity index (χ3n) is 4.45. The number of aromatic nitrogens is 2. The molecule has 4 rings (SSSR count). The van der Waals surface area contributed by atoms with E-state index >= 15 is 0 Å². The summed E-state index contributed by atoms with van der Waals surface area (Å²) in [6, 6.07) is 27.5. The predicted molar refractivity (Wildman–Crippen MR) is 117 cm³/mol. The van der Waals surface area contributed by atoms with Crippen molar-refractivity contribution in [1.29, 1.82) is 5.26 Å². The molecule has 0 aliphatic carbocycles. The number of nitrogens with one attached hydrogen (secondary N) is 1. The van der Waals surface area contributed by atoms with Crippen molar-refractivity contribution in [2.45, 2.75) is 0 Å². The third-order valence-corrected chi connectivity index (χ3v) is 4.70. The van der Waals surface area contributed by atoms with Crippen LogP contribution in [-0.4, -0.2) is 15.9 Å². The van der Waals surface area contributed by atoms with Gasteiger partial charge < -0.3 is 0 Å². The lowest BCUT2D eigenvalue weighted by Crippen LogP contribution is -2.15. The molecular formula is C24H15ClN4O. The number of carbonyl (C=O) groups is 1. The molecule has 1 aromatic heterocycles. The van der Waals surface area contributed by atoms with Gasteiger partial charge in [-0.3, -0.25) is 10.1 Å². The van der Waals surface area contributed by atoms with E-state index in [0.717, 1.165) is 11.1 Å². The summed E-state index contributed by atoms with van der Waals surface area (Å²) in [5.74, 6) is -0.249. The van der Waals surface area contributed by atoms with Gasteiger partial charge in [-0.15, -0.1) is 0 Å². The van der Waals surface area contributed by atoms with Gasteiger partial charge in [-0.1, -0.05) is 72.3 Å². The maximum Gasteiger partial charge on any atom is 0.258 e. The molecule has 0 aliphatic heterocycles. The van der Waals surface area contributed by atoms with E-state index in [2.05, 4.69) is 21.4 Å². The van der Waals surface area contributed by atoms with Crippen LogP contribution in [0.5, 0.6) is 0 Å². The minimum Gasteiger partial charge on any atom is -0.290 e. The largest absolute Gasteiger partial charge is 0.290 e. The lowest BCUT2D eigenvalue weighted by atomic mass is 10.0. The van der Waals surface area contributed by atoms with Gasteiger partial charge in [0, 0.05) is 21.7 Å². The third kappa shape index (κ3) is 4.04. The summed E-state index contributed by atoms with van der Waals surface area (Å²) in [6.45, 7) is 0. The smallest absolute Gasteiger partial charge is 0.258 e. The van der Waals surface area contributed by atoms with Crippen LogP contribution in [0.15, 0.2) is 84.9 Å². The summed E-state index contributed by atoms with van der Waals surface area (Å²) in [6.07, 6.45) is 0. The Morgan fingerprint density at radius 2 is 1.30 bits per heavy atom. The maximum absolute atomic E-state index is 12.7. The van der Waals surface area contributed by atoms with Crippen LogP contribution in [0.2, 0.25) is 5.02 Å². The quantitative estimate of drug-likeness (QED) is 0.475. The van der Waals surface area contributed by atoms with Crippen molar-refractivity contribution in [3.63, 3.8) is 0 Å². The lowest BCUT2D eigenvalue weighted by Gasteiger charge is -2.12. The Morgan fingerprint density at radius 3 is 1.77 bits per heavy atom. The molecule has 0 saturated carbocycles. The van der Waals surface area contributed by atoms with Crippen molar-refractivity contribution in [3.8, 4) is 28.6 Å². The van der Waals surface area contributed by atoms with Gasteiger partial charge in [0.2, 0.25) is 5.95 Å². The average Bonchev–Trinajstić information content (AvgIpc) is 2.80. The van der Waals surface area contributed by atoms with Gasteiger partial charge in [-0.25, -0.2) is 9.97 Å². The molecule has 0 spiro atoms. The number of nitriles is 1. The molecule has 0 fully saturated rings. The molecule has 30 heavy (non-hydrogen) atoms. The van der Waals surface area contributed by atoms with Gasteiger partial charge in [0.1, 0.15) is 11.6 Å². The van der Waals surface area contributed by atoms with Gasteiger partial charge in [0.25, 0.3) is 5.91 Å². The van der Waals surface area contributed by atoms with E-state index in [-0.39, 0.29) is 11.9 Å². The summed E-state index contributed by atoms with van der Waals surface area (Å²) in [5, 5.41) is 13.1. The topological polar surface area (TPSA) is 78.7 Å². The van der Waals surface area contributed by atoms with E-state index in [1.165, 1.54) is 0 Å². The van der Waals surface area contributed by atoms with E-state index in [9.17, 15) is 10.1 Å². The SMILES string of the molecule is N#Cc1c(-c2ccccc2)nc(NC(=O)c2ccc(Cl)cc2)nc1-c1ccccc1. The molecule has 6 heteroatoms. The van der Waals surface area contributed by atoms with Gasteiger partial charge in [0.05, 0.1) is 11.4 Å². The fraction of sp³-hybridized carbons (Fsp3) is 0. The van der Waals surface area contributed by atoms with Crippen molar-refractivity contribution >= 4 is 23.5 Å². The van der Waals surface area contributed by atoms with E-state index in [4.69, 9.17) is 11.6 Å². The number of anilines is 1. The number of halogens is 1. The van der Waals surface area contributed by atoms with Crippen molar-refractivity contribution in [2.24, 2.45) is 0 Å². The number of carbonyl (C=O) groups excluding carboxylic acids is 1. The highest BCUT2D eigenvalue weighted by molar-refractivity contribution is 6.30. The first-order chi connectivity index (χ1) is 14.7. The molecule has 0 radical (unpaired) electrons. The van der Waals surface area contributed by atoms with Crippen LogP contribution in [0.3, 0.4) is 0 Å². The molecular weight excluding hydrogens is 396 g/mol. The van der Waals surface area contributed by atoms with Gasteiger partial charge in [0.15, 0.2) is 0 Å². The standard InChI is InChI=1S/C24H15ClN4O/c25-19-13-11-18(12-14-19)23(30)29-24-27-21(16-7-3-1-4-8-16)20(15-26)22(28-24)17-9-5-2-6-10-17/h1-14H,(H,27,28,29,30). The zero-order valence-corrected chi connectivity index (χ0v) is 16.5. The number of nitrogens with zero attached hydrogens (tertiary/aromatic N) is 3. The minimum absolute atomic E-state index is 0.117. The second kappa shape index (κ2) is 8.56. The molecule has 4 aromatic rings. The summed E-state index contributed by atoms with van der Waals surface area (Å²) in [7, 11) is 0. The summed E-state index contributed by atoms with van der Waals surface area (Å²) < 4.78 is 0. The Balaban J connectivity index is 1.84. The maximum atomic E-state index is 12.7. The van der Waals surface area contributed by atoms with Crippen molar-refractivity contribution in [2.75, 3.05) is 5.32 Å². The van der Waals surface area contributed by atoms with Crippen molar-refractivity contribution in [1.82, 2.24) is 9.97 Å². The molecule has 0 bridgehead atoms. The van der Waals surface area contributed by atoms with Crippen LogP contribution in [0.4, 0.5) is 5.95 Å². The fourth-order valence-corrected chi connectivity index (χ4v) is 3.13. The van der Waals surface area contributed by atoms with Gasteiger partial charge in [-0.05, 0) is 24.3 Å². The molecule has 1 amide bonds. The predicted octanol–water partition coefficient (Wildman–Crippen LogP) is 5.59. The number of amides is 1. The second-order valence-electron chi connectivity index (χ2n) is 6.42. The molecule has 1 heterocycles. The van der Waals surface area contributed by atoms with E-state index < -0.39 is 0 Å². The van der Waals surface area contributed by atoms with Crippen LogP contribution in [0.25, 0.3) is 22.5 Å². The average molecular weight is 411 g/mol. The summed E-state index contributed by atoms with van der Waals surface area (Å²) in [4.78, 5) is 21.7. The van der Waals surface area contributed by atoms with Gasteiger partial charge in [-0.2, -0.15) is 5.26 Å². The van der Waals surface area contributed by atoms with Crippen LogP contribution in [-0.2, 0) is 0 Å². The molecule has 0 atom stereocenters. The first kappa shape index (κ1) is 19.3. The van der Waals surface area contributed by atoms with Crippen molar-refractivity contribution in [3.05, 3.63) is 101 Å². The summed E-state index contributed by atoms with van der Waals surface area (Å²) >= 11 is 5.90. The first-order valence-electron chi connectivity index (χ1n) is 9.15. The van der Waals surface area contributed by atoms with Crippen LogP contribution >= 0.6 is 11.6 Å². The molecule has 144 valence electrons. The minimum atomic E-state index is -0.366. The lowest BCUT2D eigenvalue weighted by molar-refractivity contribution is 0.102. The van der Waals surface area contributed by atoms with E-state index in [0.29, 0.717) is 27.5 Å². The highest BCUT2D eigenvalue weighted by atomic mass is 35.5. The van der Waals surface area contributed by atoms with Crippen LogP contribution in [0.1, 0.15) is 15.9 Å². The fourth-order valence-electron chi connectivity index (χ4n) is 3.01. The number of hydrogen-bond acceptors (Lipinski definition) is 4. The van der Waals surface area contributed by atoms with Gasteiger partial charge >= 0.3 is 0 Å². The molecule has 3 aromatic carbocycles. The molecule has 5 nitrogen and oxygen atoms in total. The Morgan fingerprint density at radius 1 is 0.800 bits per heavy atom. The summed E-state index contributed by atoms with van der Waals surface area (Å²) in [5.41, 5.74) is 3.20. The second-order valence-corrected chi connectivity index (χ2v) is 6.86. The van der Waals surface area contributed by atoms with Crippen molar-refractivity contribution < 1.29 is 4.79 Å². The number of rotatable bonds is 4. The zero-order valence-electron chi connectivity index (χ0n) is 15.7. The Kier molecular flexibility index (Phi) is 5.51. The Bertz CT molecular complexity index is 1170. The van der Waals surface area contributed by atoms with E-state index in [1.54, 1.807) is 24.3 Å². The molecule has 0 unspecified atom stereocenters. The monoisotopic (exact) mass is 410 g/mol. The Hall–Kier alpha value is -4.01. The number of benzene rings is 3. The van der Waals surface area contributed by atoms with Crippen LogP contribution < -0.4 is 5.32 Å².